The molecule has 2 aromatic rings. The van der Waals surface area contributed by atoms with Gasteiger partial charge in [0.1, 0.15) is 5.75 Å². The zero-order valence-electron chi connectivity index (χ0n) is 16.5. The van der Waals surface area contributed by atoms with Crippen LogP contribution in [0.5, 0.6) is 5.75 Å². The topological polar surface area (TPSA) is 82.0 Å². The molecule has 1 saturated heterocycles. The Bertz CT molecular complexity index is 797. The standard InChI is InChI=1S/C20H26ClN5O3/c1-2-29-17-7-4-3-6-16(17)26(20(27)28)11-5-10-24-12-14-25(15-13-24)19-9-8-18(21)22-23-19/h3-4,6-9H,2,5,10-15H2,1H3,(H,27,28). The predicted molar refractivity (Wildman–Crippen MR) is 113 cm³/mol. The maximum absolute atomic E-state index is 11.8. The first-order valence-corrected chi connectivity index (χ1v) is 10.1. The molecular weight excluding hydrogens is 394 g/mol. The van der Waals surface area contributed by atoms with Gasteiger partial charge in [-0.05, 0) is 44.2 Å². The number of piperazine rings is 1. The van der Waals surface area contributed by atoms with Gasteiger partial charge < -0.3 is 14.7 Å². The van der Waals surface area contributed by atoms with Gasteiger partial charge >= 0.3 is 6.09 Å². The van der Waals surface area contributed by atoms with Crippen LogP contribution < -0.4 is 14.5 Å². The molecule has 2 heterocycles. The van der Waals surface area contributed by atoms with E-state index in [0.29, 0.717) is 29.7 Å². The Labute approximate surface area is 175 Å². The van der Waals surface area contributed by atoms with E-state index in [1.54, 1.807) is 18.2 Å². The molecule has 1 amide bonds. The highest BCUT2D eigenvalue weighted by atomic mass is 35.5. The molecule has 0 bridgehead atoms. The summed E-state index contributed by atoms with van der Waals surface area (Å²) in [7, 11) is 0. The number of para-hydroxylation sites is 2. The second-order valence-corrected chi connectivity index (χ2v) is 7.12. The number of hydrogen-bond donors (Lipinski definition) is 1. The quantitative estimate of drug-likeness (QED) is 0.703. The van der Waals surface area contributed by atoms with E-state index in [9.17, 15) is 9.90 Å². The normalized spacial score (nSPS) is 14.6. The molecule has 0 saturated carbocycles. The minimum absolute atomic E-state index is 0.390. The fraction of sp³-hybridized carbons (Fsp3) is 0.450. The number of rotatable bonds is 8. The van der Waals surface area contributed by atoms with Gasteiger partial charge in [0.2, 0.25) is 0 Å². The minimum Gasteiger partial charge on any atom is -0.492 e. The van der Waals surface area contributed by atoms with Crippen molar-refractivity contribution in [3.05, 3.63) is 41.6 Å². The third-order valence-electron chi connectivity index (χ3n) is 4.86. The van der Waals surface area contributed by atoms with Crippen LogP contribution in [-0.2, 0) is 0 Å². The summed E-state index contributed by atoms with van der Waals surface area (Å²) in [6.45, 7) is 7.13. The van der Waals surface area contributed by atoms with Crippen molar-refractivity contribution >= 4 is 29.2 Å². The fourth-order valence-corrected chi connectivity index (χ4v) is 3.51. The molecule has 0 unspecified atom stereocenters. The summed E-state index contributed by atoms with van der Waals surface area (Å²) in [5.74, 6) is 1.42. The van der Waals surface area contributed by atoms with Crippen molar-refractivity contribution < 1.29 is 14.6 Å². The Balaban J connectivity index is 1.50. The first kappa shape index (κ1) is 21.1. The lowest BCUT2D eigenvalue weighted by Crippen LogP contribution is -2.47. The molecule has 0 spiro atoms. The molecule has 0 aliphatic carbocycles. The molecule has 1 N–H and O–H groups in total. The summed E-state index contributed by atoms with van der Waals surface area (Å²) in [6, 6.07) is 10.9. The number of anilines is 2. The van der Waals surface area contributed by atoms with Crippen LogP contribution in [0.3, 0.4) is 0 Å². The van der Waals surface area contributed by atoms with Crippen LogP contribution in [-0.4, -0.2) is 72.2 Å². The predicted octanol–water partition coefficient (Wildman–Crippen LogP) is 3.23. The number of amides is 1. The van der Waals surface area contributed by atoms with Gasteiger partial charge in [-0.15, -0.1) is 10.2 Å². The average Bonchev–Trinajstić information content (AvgIpc) is 2.73. The highest BCUT2D eigenvalue weighted by Crippen LogP contribution is 2.28. The van der Waals surface area contributed by atoms with Gasteiger partial charge in [0.25, 0.3) is 0 Å². The molecule has 156 valence electrons. The first-order valence-electron chi connectivity index (χ1n) is 9.77. The number of benzene rings is 1. The molecule has 3 rings (SSSR count). The molecular formula is C20H26ClN5O3. The van der Waals surface area contributed by atoms with Gasteiger partial charge in [0.15, 0.2) is 11.0 Å². The Hall–Kier alpha value is -2.58. The van der Waals surface area contributed by atoms with Crippen LogP contribution >= 0.6 is 11.6 Å². The molecule has 0 radical (unpaired) electrons. The number of aromatic nitrogens is 2. The highest BCUT2D eigenvalue weighted by Gasteiger charge is 2.21. The van der Waals surface area contributed by atoms with Crippen molar-refractivity contribution in [3.8, 4) is 5.75 Å². The Morgan fingerprint density at radius 3 is 2.59 bits per heavy atom. The number of carboxylic acid groups (broad SMARTS) is 1. The Morgan fingerprint density at radius 1 is 1.17 bits per heavy atom. The van der Waals surface area contributed by atoms with E-state index in [1.807, 2.05) is 25.1 Å². The summed E-state index contributed by atoms with van der Waals surface area (Å²) in [5, 5.41) is 18.1. The van der Waals surface area contributed by atoms with Gasteiger partial charge in [0, 0.05) is 32.7 Å². The second kappa shape index (κ2) is 10.3. The summed E-state index contributed by atoms with van der Waals surface area (Å²) < 4.78 is 5.59. The first-order chi connectivity index (χ1) is 14.1. The molecule has 9 heteroatoms. The third kappa shape index (κ3) is 5.71. The van der Waals surface area contributed by atoms with Gasteiger partial charge in [-0.25, -0.2) is 4.79 Å². The van der Waals surface area contributed by atoms with Gasteiger partial charge in [-0.1, -0.05) is 23.7 Å². The smallest absolute Gasteiger partial charge is 0.411 e. The van der Waals surface area contributed by atoms with Gasteiger partial charge in [0.05, 0.1) is 12.3 Å². The molecule has 8 nitrogen and oxygen atoms in total. The minimum atomic E-state index is -0.969. The SMILES string of the molecule is CCOc1ccccc1N(CCCN1CCN(c2ccc(Cl)nn2)CC1)C(=O)O. The van der Waals surface area contributed by atoms with Crippen molar-refractivity contribution in [1.82, 2.24) is 15.1 Å². The van der Waals surface area contributed by atoms with Crippen molar-refractivity contribution in [2.24, 2.45) is 0 Å². The molecule has 29 heavy (non-hydrogen) atoms. The molecule has 1 aliphatic heterocycles. The van der Waals surface area contributed by atoms with E-state index < -0.39 is 6.09 Å². The van der Waals surface area contributed by atoms with E-state index >= 15 is 0 Å². The molecule has 1 aromatic heterocycles. The molecule has 1 aliphatic rings. The van der Waals surface area contributed by atoms with E-state index in [2.05, 4.69) is 20.0 Å². The summed E-state index contributed by atoms with van der Waals surface area (Å²) in [4.78, 5) is 17.7. The third-order valence-corrected chi connectivity index (χ3v) is 5.06. The van der Waals surface area contributed by atoms with E-state index in [1.165, 1.54) is 4.90 Å². The van der Waals surface area contributed by atoms with Crippen LogP contribution in [0, 0.1) is 0 Å². The van der Waals surface area contributed by atoms with Crippen molar-refractivity contribution in [3.63, 3.8) is 0 Å². The second-order valence-electron chi connectivity index (χ2n) is 6.73. The van der Waals surface area contributed by atoms with Crippen LogP contribution in [0.4, 0.5) is 16.3 Å². The number of ether oxygens (including phenoxy) is 1. The van der Waals surface area contributed by atoms with Crippen LogP contribution in [0.2, 0.25) is 5.15 Å². The van der Waals surface area contributed by atoms with Crippen LogP contribution in [0.1, 0.15) is 13.3 Å². The number of carbonyl (C=O) groups is 1. The van der Waals surface area contributed by atoms with E-state index in [4.69, 9.17) is 16.3 Å². The van der Waals surface area contributed by atoms with Crippen LogP contribution in [0.25, 0.3) is 0 Å². The molecule has 1 fully saturated rings. The number of halogens is 1. The summed E-state index contributed by atoms with van der Waals surface area (Å²) in [6.07, 6.45) is -0.226. The summed E-state index contributed by atoms with van der Waals surface area (Å²) >= 11 is 5.80. The fourth-order valence-electron chi connectivity index (χ4n) is 3.41. The maximum atomic E-state index is 11.8. The number of hydrogen-bond acceptors (Lipinski definition) is 6. The lowest BCUT2D eigenvalue weighted by atomic mass is 10.2. The van der Waals surface area contributed by atoms with Crippen molar-refractivity contribution in [2.45, 2.75) is 13.3 Å². The average molecular weight is 420 g/mol. The Kier molecular flexibility index (Phi) is 7.48. The largest absolute Gasteiger partial charge is 0.492 e. The van der Waals surface area contributed by atoms with E-state index in [0.717, 1.165) is 45.0 Å². The highest BCUT2D eigenvalue weighted by molar-refractivity contribution is 6.29. The van der Waals surface area contributed by atoms with Crippen molar-refractivity contribution in [2.75, 3.05) is 55.7 Å². The van der Waals surface area contributed by atoms with Gasteiger partial charge in [-0.3, -0.25) is 9.80 Å². The zero-order valence-corrected chi connectivity index (χ0v) is 17.3. The zero-order chi connectivity index (χ0) is 20.6. The molecule has 0 atom stereocenters. The Morgan fingerprint density at radius 2 is 1.93 bits per heavy atom. The van der Waals surface area contributed by atoms with Crippen molar-refractivity contribution in [1.29, 1.82) is 0 Å². The maximum Gasteiger partial charge on any atom is 0.411 e. The monoisotopic (exact) mass is 419 g/mol. The summed E-state index contributed by atoms with van der Waals surface area (Å²) in [5.41, 5.74) is 0.591. The van der Waals surface area contributed by atoms with E-state index in [-0.39, 0.29) is 0 Å². The molecule has 1 aromatic carbocycles. The lowest BCUT2D eigenvalue weighted by Gasteiger charge is -2.35. The lowest BCUT2D eigenvalue weighted by molar-refractivity contribution is 0.200. The number of nitrogens with zero attached hydrogens (tertiary/aromatic N) is 5. The van der Waals surface area contributed by atoms with Gasteiger partial charge in [-0.2, -0.15) is 0 Å². The van der Waals surface area contributed by atoms with Crippen LogP contribution in [0.15, 0.2) is 36.4 Å².